The number of nitrogens with one attached hydrogen (secondary N) is 4. The molecule has 0 aliphatic carbocycles. The van der Waals surface area contributed by atoms with Crippen molar-refractivity contribution in [1.29, 1.82) is 10.8 Å². The van der Waals surface area contributed by atoms with Crippen molar-refractivity contribution >= 4 is 11.7 Å². The molecule has 0 amide bonds. The van der Waals surface area contributed by atoms with Crippen LogP contribution in [0.2, 0.25) is 0 Å². The molecule has 49 heavy (non-hydrogen) atoms. The van der Waals surface area contributed by atoms with Crippen molar-refractivity contribution in [3.8, 4) is 44.9 Å². The highest BCUT2D eigenvalue weighted by Gasteiger charge is 2.11. The van der Waals surface area contributed by atoms with Crippen LogP contribution < -0.4 is 10.6 Å². The normalized spacial score (nSPS) is 10.8. The van der Waals surface area contributed by atoms with Gasteiger partial charge in [0.25, 0.3) is 0 Å². The number of hydrogen-bond acceptors (Lipinski definition) is 3. The molecule has 238 valence electrons. The molecule has 0 saturated carbocycles. The Hall–Kier alpha value is -6.46. The summed E-state index contributed by atoms with van der Waals surface area (Å²) < 4.78 is 6.30. The summed E-state index contributed by atoms with van der Waals surface area (Å²) >= 11 is 0. The van der Waals surface area contributed by atoms with Gasteiger partial charge in [0.1, 0.15) is 23.2 Å². The standard InChI is InChI=1S/C44H36N4O/c45-43(47-29-31-17-21-35(22-18-31)33-9-3-1-4-10-33)39-15-7-13-37(27-39)41-25-26-42(49-41)38-14-8-16-40(28-38)44(46)48-30-32-19-23-36(24-20-32)34-11-5-2-6-12-34/h1-28H,29-30H2,(H2,45,47)(H2,46,48). The Morgan fingerprint density at radius 3 is 1.16 bits per heavy atom. The van der Waals surface area contributed by atoms with Gasteiger partial charge in [-0.3, -0.25) is 10.8 Å². The number of rotatable bonds is 10. The highest BCUT2D eigenvalue weighted by atomic mass is 16.3. The van der Waals surface area contributed by atoms with Crippen molar-refractivity contribution in [2.75, 3.05) is 0 Å². The van der Waals surface area contributed by atoms with Crippen LogP contribution in [-0.2, 0) is 13.1 Å². The Labute approximate surface area is 286 Å². The molecule has 0 spiro atoms. The van der Waals surface area contributed by atoms with E-state index in [0.29, 0.717) is 24.8 Å². The van der Waals surface area contributed by atoms with E-state index >= 15 is 0 Å². The van der Waals surface area contributed by atoms with E-state index in [1.807, 2.05) is 97.1 Å². The topological polar surface area (TPSA) is 84.9 Å². The number of hydrogen-bond donors (Lipinski definition) is 4. The van der Waals surface area contributed by atoms with Crippen LogP contribution in [0.1, 0.15) is 22.3 Å². The molecule has 0 unspecified atom stereocenters. The lowest BCUT2D eigenvalue weighted by Crippen LogP contribution is -2.22. The van der Waals surface area contributed by atoms with Crippen LogP contribution in [0.15, 0.2) is 174 Å². The van der Waals surface area contributed by atoms with Gasteiger partial charge >= 0.3 is 0 Å². The van der Waals surface area contributed by atoms with E-state index in [-0.39, 0.29) is 0 Å². The highest BCUT2D eigenvalue weighted by Crippen LogP contribution is 2.30. The molecule has 5 heteroatoms. The molecule has 1 aromatic heterocycles. The third-order valence-electron chi connectivity index (χ3n) is 8.54. The third-order valence-corrected chi connectivity index (χ3v) is 8.54. The highest BCUT2D eigenvalue weighted by molar-refractivity contribution is 5.98. The smallest absolute Gasteiger partial charge is 0.134 e. The van der Waals surface area contributed by atoms with Gasteiger partial charge < -0.3 is 15.1 Å². The second kappa shape index (κ2) is 14.5. The lowest BCUT2D eigenvalue weighted by molar-refractivity contribution is 0.597. The van der Waals surface area contributed by atoms with Crippen molar-refractivity contribution in [3.63, 3.8) is 0 Å². The molecule has 5 nitrogen and oxygen atoms in total. The van der Waals surface area contributed by atoms with E-state index in [4.69, 9.17) is 15.2 Å². The maximum atomic E-state index is 8.68. The molecule has 0 aliphatic rings. The largest absolute Gasteiger partial charge is 0.456 e. The number of furan rings is 1. The molecular weight excluding hydrogens is 601 g/mol. The summed E-state index contributed by atoms with van der Waals surface area (Å²) in [5, 5.41) is 23.9. The summed E-state index contributed by atoms with van der Waals surface area (Å²) in [6.45, 7) is 1.12. The number of amidine groups is 2. The minimum absolute atomic E-state index is 0.353. The molecule has 0 saturated heterocycles. The molecule has 0 aliphatic heterocycles. The van der Waals surface area contributed by atoms with Gasteiger partial charge in [-0.2, -0.15) is 0 Å². The predicted molar refractivity (Wildman–Crippen MR) is 201 cm³/mol. The number of benzene rings is 6. The second-order valence-electron chi connectivity index (χ2n) is 11.9. The summed E-state index contributed by atoms with van der Waals surface area (Å²) in [5.74, 6) is 2.15. The van der Waals surface area contributed by atoms with Crippen LogP contribution in [0.25, 0.3) is 44.9 Å². The molecule has 7 aromatic rings. The lowest BCUT2D eigenvalue weighted by Gasteiger charge is -2.10. The van der Waals surface area contributed by atoms with Crippen LogP contribution in [0, 0.1) is 10.8 Å². The summed E-state index contributed by atoms with van der Waals surface area (Å²) in [7, 11) is 0. The first-order valence-corrected chi connectivity index (χ1v) is 16.3. The first-order chi connectivity index (χ1) is 24.1. The third kappa shape index (κ3) is 7.58. The fraction of sp³-hybridized carbons (Fsp3) is 0.0455. The van der Waals surface area contributed by atoms with Crippen molar-refractivity contribution in [3.05, 3.63) is 192 Å². The molecule has 0 bridgehead atoms. The van der Waals surface area contributed by atoms with Crippen molar-refractivity contribution in [2.45, 2.75) is 13.1 Å². The van der Waals surface area contributed by atoms with Gasteiger partial charge in [0.2, 0.25) is 0 Å². The zero-order valence-electron chi connectivity index (χ0n) is 27.0. The average Bonchev–Trinajstić information content (AvgIpc) is 3.68. The molecule has 0 atom stereocenters. The zero-order chi connectivity index (χ0) is 33.4. The van der Waals surface area contributed by atoms with Gasteiger partial charge in [-0.1, -0.05) is 146 Å². The van der Waals surface area contributed by atoms with E-state index < -0.39 is 0 Å². The Bertz CT molecular complexity index is 2030. The maximum absolute atomic E-state index is 8.68. The monoisotopic (exact) mass is 636 g/mol. The average molecular weight is 637 g/mol. The first kappa shape index (κ1) is 31.2. The minimum atomic E-state index is 0.353. The molecule has 0 radical (unpaired) electrons. The van der Waals surface area contributed by atoms with Crippen LogP contribution in [0.5, 0.6) is 0 Å². The Balaban J connectivity index is 0.965. The van der Waals surface area contributed by atoms with Crippen molar-refractivity contribution in [1.82, 2.24) is 10.6 Å². The van der Waals surface area contributed by atoms with Gasteiger partial charge in [-0.25, -0.2) is 0 Å². The van der Waals surface area contributed by atoms with E-state index in [0.717, 1.165) is 44.9 Å². The maximum Gasteiger partial charge on any atom is 0.134 e. The van der Waals surface area contributed by atoms with Gasteiger partial charge in [-0.05, 0) is 57.6 Å². The van der Waals surface area contributed by atoms with Crippen LogP contribution in [0.4, 0.5) is 0 Å². The van der Waals surface area contributed by atoms with Gasteiger partial charge in [0.05, 0.1) is 0 Å². The summed E-state index contributed by atoms with van der Waals surface area (Å²) in [6.07, 6.45) is 0. The fourth-order valence-corrected chi connectivity index (χ4v) is 5.78. The first-order valence-electron chi connectivity index (χ1n) is 16.3. The van der Waals surface area contributed by atoms with E-state index in [2.05, 4.69) is 83.4 Å². The fourth-order valence-electron chi connectivity index (χ4n) is 5.78. The van der Waals surface area contributed by atoms with E-state index in [1.165, 1.54) is 22.3 Å². The molecule has 1 heterocycles. The zero-order valence-corrected chi connectivity index (χ0v) is 27.0. The van der Waals surface area contributed by atoms with Crippen LogP contribution >= 0.6 is 0 Å². The molecule has 6 aromatic carbocycles. The molecule has 4 N–H and O–H groups in total. The lowest BCUT2D eigenvalue weighted by atomic mass is 10.0. The van der Waals surface area contributed by atoms with E-state index in [1.54, 1.807) is 0 Å². The van der Waals surface area contributed by atoms with Crippen LogP contribution in [0.3, 0.4) is 0 Å². The second-order valence-corrected chi connectivity index (χ2v) is 11.9. The van der Waals surface area contributed by atoms with Crippen molar-refractivity contribution in [2.24, 2.45) is 0 Å². The van der Waals surface area contributed by atoms with Gasteiger partial charge in [0.15, 0.2) is 0 Å². The molecular formula is C44H36N4O. The predicted octanol–water partition coefficient (Wildman–Crippen LogP) is 10.2. The summed E-state index contributed by atoms with van der Waals surface area (Å²) in [5.41, 5.74) is 10.3. The Morgan fingerprint density at radius 2 is 0.755 bits per heavy atom. The molecule has 7 rings (SSSR count). The molecule has 0 fully saturated rings. The minimum Gasteiger partial charge on any atom is -0.456 e. The van der Waals surface area contributed by atoms with Crippen LogP contribution in [-0.4, -0.2) is 11.7 Å². The quantitative estimate of drug-likeness (QED) is 0.0890. The summed E-state index contributed by atoms with van der Waals surface area (Å²) in [6, 6.07) is 57.1. The Morgan fingerprint density at radius 1 is 0.388 bits per heavy atom. The SMILES string of the molecule is N=C(NCc1ccc(-c2ccccc2)cc1)c1cccc(-c2ccc(-c3cccc(C(=N)NCc4ccc(-c5ccccc5)cc4)c3)o2)c1. The van der Waals surface area contributed by atoms with E-state index in [9.17, 15) is 0 Å². The van der Waals surface area contributed by atoms with Crippen molar-refractivity contribution < 1.29 is 4.42 Å². The summed E-state index contributed by atoms with van der Waals surface area (Å²) in [4.78, 5) is 0. The Kier molecular flexibility index (Phi) is 9.24. The van der Waals surface area contributed by atoms with Gasteiger partial charge in [-0.15, -0.1) is 0 Å². The van der Waals surface area contributed by atoms with Gasteiger partial charge in [0, 0.05) is 35.3 Å².